The number of carbonyl (C=O) groups is 2. The maximum absolute atomic E-state index is 12.4. The minimum Gasteiger partial charge on any atom is -0.378 e. The number of anilines is 2. The Morgan fingerprint density at radius 3 is 2.04 bits per heavy atom. The van der Waals surface area contributed by atoms with Crippen molar-refractivity contribution in [3.05, 3.63) is 59.7 Å². The molecular weight excluding hydrogens is 352 g/mol. The van der Waals surface area contributed by atoms with Crippen molar-refractivity contribution in [3.8, 4) is 0 Å². The smallest absolute Gasteiger partial charge is 0.279 e. The zero-order valence-electron chi connectivity index (χ0n) is 17.5. The van der Waals surface area contributed by atoms with Gasteiger partial charge in [0.1, 0.15) is 6.54 Å². The Kier molecular flexibility index (Phi) is 7.58. The summed E-state index contributed by atoms with van der Waals surface area (Å²) in [6.07, 6.45) is 0. The molecule has 0 fully saturated rings. The molecule has 6 heteroatoms. The highest BCUT2D eigenvalue weighted by atomic mass is 16.2. The van der Waals surface area contributed by atoms with Crippen LogP contribution in [0, 0.1) is 0 Å². The van der Waals surface area contributed by atoms with Gasteiger partial charge < -0.3 is 20.0 Å². The lowest BCUT2D eigenvalue weighted by atomic mass is 10.2. The van der Waals surface area contributed by atoms with Crippen LogP contribution in [0.2, 0.25) is 0 Å². The zero-order valence-corrected chi connectivity index (χ0v) is 17.5. The van der Waals surface area contributed by atoms with Gasteiger partial charge in [0.2, 0.25) is 0 Å². The minimum atomic E-state index is -0.0558. The van der Waals surface area contributed by atoms with Gasteiger partial charge in [-0.15, -0.1) is 0 Å². The Balaban J connectivity index is 1.92. The number of carbonyl (C=O) groups excluding carboxylic acids is 2. The summed E-state index contributed by atoms with van der Waals surface area (Å²) < 4.78 is 0. The molecule has 0 bridgehead atoms. The van der Waals surface area contributed by atoms with Gasteiger partial charge in [-0.05, 0) is 43.3 Å². The molecule has 2 N–H and O–H groups in total. The number of quaternary nitrogens is 1. The zero-order chi connectivity index (χ0) is 20.7. The molecule has 2 amide bonds. The van der Waals surface area contributed by atoms with E-state index in [1.165, 1.54) is 15.4 Å². The van der Waals surface area contributed by atoms with E-state index in [1.54, 1.807) is 38.4 Å². The fraction of sp³-hybridized carbons (Fsp3) is 0.364. The summed E-state index contributed by atoms with van der Waals surface area (Å²) in [7, 11) is 7.47. The van der Waals surface area contributed by atoms with Gasteiger partial charge in [0.05, 0.1) is 6.54 Å². The fourth-order valence-corrected chi connectivity index (χ4v) is 2.90. The predicted octanol–water partition coefficient (Wildman–Crippen LogP) is 1.50. The number of likely N-dealkylation sites (N-methyl/N-ethyl adjacent to an activating group) is 1. The van der Waals surface area contributed by atoms with Gasteiger partial charge in [-0.2, -0.15) is 0 Å². The molecule has 0 aliphatic rings. The number of nitrogens with zero attached hydrogens (tertiary/aromatic N) is 2. The van der Waals surface area contributed by atoms with Gasteiger partial charge in [0, 0.05) is 50.7 Å². The van der Waals surface area contributed by atoms with Crippen LogP contribution < -0.4 is 15.1 Å². The summed E-state index contributed by atoms with van der Waals surface area (Å²) in [6.45, 7) is 4.13. The molecule has 0 saturated heterocycles. The van der Waals surface area contributed by atoms with Crippen molar-refractivity contribution < 1.29 is 14.5 Å². The van der Waals surface area contributed by atoms with Crippen LogP contribution in [0.4, 0.5) is 11.4 Å². The molecule has 2 aromatic carbocycles. The van der Waals surface area contributed by atoms with Crippen molar-refractivity contribution in [2.45, 2.75) is 13.5 Å². The summed E-state index contributed by atoms with van der Waals surface area (Å²) in [5.74, 6) is -0.0896. The summed E-state index contributed by atoms with van der Waals surface area (Å²) in [5.41, 5.74) is 3.67. The van der Waals surface area contributed by atoms with Gasteiger partial charge >= 0.3 is 0 Å². The Labute approximate surface area is 167 Å². The molecule has 1 atom stereocenters. The van der Waals surface area contributed by atoms with Crippen LogP contribution in [0.5, 0.6) is 0 Å². The lowest BCUT2D eigenvalue weighted by Gasteiger charge is -2.18. The van der Waals surface area contributed by atoms with E-state index in [1.807, 2.05) is 14.1 Å². The summed E-state index contributed by atoms with van der Waals surface area (Å²) in [4.78, 5) is 29.1. The van der Waals surface area contributed by atoms with E-state index in [4.69, 9.17) is 0 Å². The second-order valence-corrected chi connectivity index (χ2v) is 7.34. The van der Waals surface area contributed by atoms with Crippen molar-refractivity contribution in [1.82, 2.24) is 4.90 Å². The van der Waals surface area contributed by atoms with E-state index >= 15 is 0 Å². The van der Waals surface area contributed by atoms with Gasteiger partial charge in [0.15, 0.2) is 6.54 Å². The van der Waals surface area contributed by atoms with Gasteiger partial charge in [-0.25, -0.2) is 0 Å². The summed E-state index contributed by atoms with van der Waals surface area (Å²) in [6, 6.07) is 15.4. The van der Waals surface area contributed by atoms with E-state index in [-0.39, 0.29) is 11.8 Å². The van der Waals surface area contributed by atoms with Crippen LogP contribution in [0.1, 0.15) is 22.8 Å². The van der Waals surface area contributed by atoms with Crippen molar-refractivity contribution in [1.29, 1.82) is 0 Å². The highest BCUT2D eigenvalue weighted by Gasteiger charge is 2.14. The molecule has 150 valence electrons. The normalized spacial score (nSPS) is 11.6. The molecule has 28 heavy (non-hydrogen) atoms. The summed E-state index contributed by atoms with van der Waals surface area (Å²) in [5, 5.41) is 2.92. The Bertz CT molecular complexity index is 783. The van der Waals surface area contributed by atoms with Crippen LogP contribution in [-0.4, -0.2) is 58.0 Å². The van der Waals surface area contributed by atoms with Crippen molar-refractivity contribution >= 4 is 23.2 Å². The maximum Gasteiger partial charge on any atom is 0.279 e. The molecule has 0 saturated carbocycles. The first-order valence-electron chi connectivity index (χ1n) is 9.51. The first-order chi connectivity index (χ1) is 13.3. The van der Waals surface area contributed by atoms with Crippen LogP contribution in [0.25, 0.3) is 0 Å². The highest BCUT2D eigenvalue weighted by Crippen LogP contribution is 2.12. The molecule has 2 rings (SSSR count). The Morgan fingerprint density at radius 1 is 0.929 bits per heavy atom. The first kappa shape index (κ1) is 21.4. The molecular formula is C22H31N4O2+. The van der Waals surface area contributed by atoms with E-state index < -0.39 is 0 Å². The third-order valence-electron chi connectivity index (χ3n) is 4.64. The van der Waals surface area contributed by atoms with E-state index in [0.717, 1.165) is 18.8 Å². The van der Waals surface area contributed by atoms with E-state index in [0.29, 0.717) is 17.8 Å². The molecule has 0 aliphatic carbocycles. The minimum absolute atomic E-state index is 0.0338. The average Bonchev–Trinajstić information content (AvgIpc) is 2.67. The number of nitrogens with one attached hydrogen (secondary N) is 2. The van der Waals surface area contributed by atoms with Crippen molar-refractivity contribution in [2.75, 3.05) is 51.5 Å². The molecule has 0 aliphatic heterocycles. The lowest BCUT2D eigenvalue weighted by molar-refractivity contribution is -0.903. The quantitative estimate of drug-likeness (QED) is 0.726. The molecule has 0 radical (unpaired) electrons. The average molecular weight is 384 g/mol. The number of rotatable bonds is 8. The largest absolute Gasteiger partial charge is 0.378 e. The van der Waals surface area contributed by atoms with Crippen LogP contribution in [0.15, 0.2) is 48.5 Å². The van der Waals surface area contributed by atoms with Crippen LogP contribution >= 0.6 is 0 Å². The van der Waals surface area contributed by atoms with Crippen LogP contribution in [0.3, 0.4) is 0 Å². The fourth-order valence-electron chi connectivity index (χ4n) is 2.90. The standard InChI is InChI=1S/C22H30N4O2/c1-6-26(15-17-7-13-20(14-8-17)24(2)3)16-21(27)23-19-11-9-18(10-12-19)22(28)25(4)5/h7-14H,6,15-16H2,1-5H3,(H,23,27)/p+1. The molecule has 6 nitrogen and oxygen atoms in total. The molecule has 0 aromatic heterocycles. The number of benzene rings is 2. The van der Waals surface area contributed by atoms with Gasteiger partial charge in [-0.1, -0.05) is 12.1 Å². The second-order valence-electron chi connectivity index (χ2n) is 7.34. The Morgan fingerprint density at radius 2 is 1.54 bits per heavy atom. The maximum atomic E-state index is 12.4. The SMILES string of the molecule is CC[NH+](CC(=O)Nc1ccc(C(=O)N(C)C)cc1)Cc1ccc(N(C)C)cc1. The second kappa shape index (κ2) is 9.90. The van der Waals surface area contributed by atoms with Crippen molar-refractivity contribution in [3.63, 3.8) is 0 Å². The Hall–Kier alpha value is -2.86. The van der Waals surface area contributed by atoms with Gasteiger partial charge in [0.25, 0.3) is 11.8 Å². The number of amides is 2. The van der Waals surface area contributed by atoms with Gasteiger partial charge in [-0.3, -0.25) is 9.59 Å². The lowest BCUT2D eigenvalue weighted by Crippen LogP contribution is -3.11. The molecule has 0 spiro atoms. The predicted molar refractivity (Wildman–Crippen MR) is 114 cm³/mol. The third-order valence-corrected chi connectivity index (χ3v) is 4.64. The molecule has 1 unspecified atom stereocenters. The topological polar surface area (TPSA) is 57.1 Å². The van der Waals surface area contributed by atoms with E-state index in [2.05, 4.69) is 41.4 Å². The number of hydrogen-bond acceptors (Lipinski definition) is 3. The first-order valence-corrected chi connectivity index (χ1v) is 9.51. The highest BCUT2D eigenvalue weighted by molar-refractivity contribution is 5.95. The molecule has 0 heterocycles. The monoisotopic (exact) mass is 383 g/mol. The number of hydrogen-bond donors (Lipinski definition) is 2. The third kappa shape index (κ3) is 6.09. The molecule has 2 aromatic rings. The summed E-state index contributed by atoms with van der Waals surface area (Å²) >= 11 is 0. The van der Waals surface area contributed by atoms with Crippen molar-refractivity contribution in [2.24, 2.45) is 0 Å². The van der Waals surface area contributed by atoms with Crippen LogP contribution in [-0.2, 0) is 11.3 Å². The van der Waals surface area contributed by atoms with E-state index in [9.17, 15) is 9.59 Å².